The van der Waals surface area contributed by atoms with Gasteiger partial charge in [-0.3, -0.25) is 9.59 Å². The number of hydrogen-bond donors (Lipinski definition) is 1. The third-order valence-corrected chi connectivity index (χ3v) is 5.88. The number of ether oxygens (including phenoxy) is 1. The molecule has 0 aliphatic carbocycles. The number of rotatable bonds is 7. The van der Waals surface area contributed by atoms with E-state index < -0.39 is 0 Å². The third kappa shape index (κ3) is 4.21. The SMILES string of the molecule is CNc1nc(-c2cccc(-c3cccc(-c4cnc(C=O)c(OC)n4)c3Cl)c2Cl)cnc1C=O. The van der Waals surface area contributed by atoms with E-state index in [0.29, 0.717) is 62.1 Å². The van der Waals surface area contributed by atoms with Crippen molar-refractivity contribution in [3.8, 4) is 39.5 Å². The van der Waals surface area contributed by atoms with Crippen LogP contribution in [0.4, 0.5) is 5.82 Å². The Morgan fingerprint density at radius 1 is 0.794 bits per heavy atom. The highest BCUT2D eigenvalue weighted by Gasteiger charge is 2.18. The maximum absolute atomic E-state index is 11.2. The number of aldehydes is 2. The van der Waals surface area contributed by atoms with Gasteiger partial charge in [0, 0.05) is 29.3 Å². The lowest BCUT2D eigenvalue weighted by Gasteiger charge is -2.14. The number of benzene rings is 2. The van der Waals surface area contributed by atoms with Crippen molar-refractivity contribution in [2.24, 2.45) is 0 Å². The first kappa shape index (κ1) is 23.3. The lowest BCUT2D eigenvalue weighted by molar-refractivity contribution is 0.111. The van der Waals surface area contributed by atoms with Gasteiger partial charge in [0.2, 0.25) is 5.88 Å². The van der Waals surface area contributed by atoms with Crippen molar-refractivity contribution in [2.45, 2.75) is 0 Å². The van der Waals surface area contributed by atoms with Gasteiger partial charge >= 0.3 is 0 Å². The van der Waals surface area contributed by atoms with Crippen molar-refractivity contribution in [1.82, 2.24) is 19.9 Å². The number of hydrogen-bond acceptors (Lipinski definition) is 8. The minimum atomic E-state index is 0.0944. The summed E-state index contributed by atoms with van der Waals surface area (Å²) in [5.41, 5.74) is 3.78. The van der Waals surface area contributed by atoms with Crippen LogP contribution in [0, 0.1) is 0 Å². The number of carbonyl (C=O) groups is 2. The van der Waals surface area contributed by atoms with E-state index in [9.17, 15) is 9.59 Å². The maximum Gasteiger partial charge on any atom is 0.243 e. The van der Waals surface area contributed by atoms with Gasteiger partial charge in [-0.1, -0.05) is 59.6 Å². The normalized spacial score (nSPS) is 10.6. The van der Waals surface area contributed by atoms with Gasteiger partial charge in [-0.05, 0) is 0 Å². The van der Waals surface area contributed by atoms with Gasteiger partial charge in [0.05, 0.1) is 40.9 Å². The fourth-order valence-electron chi connectivity index (χ4n) is 3.42. The standard InChI is InChI=1S/C24H17Cl2N5O3/c1-27-23-19(11-32)28-9-17(30-23)15-7-3-5-13(21(15)25)14-6-4-8-16(22(14)26)18-10-29-20(12-33)24(31-18)34-2/h3-12H,1-2H3,(H,27,30). The van der Waals surface area contributed by atoms with Crippen molar-refractivity contribution in [3.05, 3.63) is 70.2 Å². The van der Waals surface area contributed by atoms with Gasteiger partial charge in [-0.25, -0.2) is 19.9 Å². The summed E-state index contributed by atoms with van der Waals surface area (Å²) in [6.45, 7) is 0. The summed E-state index contributed by atoms with van der Waals surface area (Å²) in [6, 6.07) is 10.9. The largest absolute Gasteiger partial charge is 0.479 e. The summed E-state index contributed by atoms with van der Waals surface area (Å²) in [4.78, 5) is 39.4. The predicted octanol–water partition coefficient (Wildman–Crippen LogP) is 5.25. The lowest BCUT2D eigenvalue weighted by Crippen LogP contribution is -2.02. The van der Waals surface area contributed by atoms with Crippen molar-refractivity contribution in [3.63, 3.8) is 0 Å². The zero-order valence-electron chi connectivity index (χ0n) is 18.0. The molecule has 0 atom stereocenters. The van der Waals surface area contributed by atoms with Gasteiger partial charge in [-0.2, -0.15) is 0 Å². The maximum atomic E-state index is 11.2. The van der Waals surface area contributed by atoms with E-state index in [1.54, 1.807) is 13.1 Å². The molecule has 1 N–H and O–H groups in total. The second-order valence-electron chi connectivity index (χ2n) is 6.96. The number of nitrogens with zero attached hydrogens (tertiary/aromatic N) is 4. The highest BCUT2D eigenvalue weighted by molar-refractivity contribution is 6.39. The summed E-state index contributed by atoms with van der Waals surface area (Å²) in [5, 5.41) is 3.67. The summed E-state index contributed by atoms with van der Waals surface area (Å²) in [5.74, 6) is 0.451. The Morgan fingerprint density at radius 2 is 1.29 bits per heavy atom. The first-order valence-corrected chi connectivity index (χ1v) is 10.7. The molecule has 4 rings (SSSR count). The molecule has 2 heterocycles. The van der Waals surface area contributed by atoms with Crippen LogP contribution in [0.3, 0.4) is 0 Å². The number of nitrogens with one attached hydrogen (secondary N) is 1. The molecule has 0 aliphatic rings. The van der Waals surface area contributed by atoms with Crippen LogP contribution in [0.5, 0.6) is 5.88 Å². The van der Waals surface area contributed by atoms with E-state index in [2.05, 4.69) is 25.3 Å². The summed E-state index contributed by atoms with van der Waals surface area (Å²) >= 11 is 13.6. The smallest absolute Gasteiger partial charge is 0.243 e. The van der Waals surface area contributed by atoms with Crippen molar-refractivity contribution < 1.29 is 14.3 Å². The average Bonchev–Trinajstić information content (AvgIpc) is 2.88. The van der Waals surface area contributed by atoms with Crippen LogP contribution in [-0.2, 0) is 0 Å². The molecule has 0 spiro atoms. The van der Waals surface area contributed by atoms with Gasteiger partial charge in [-0.15, -0.1) is 0 Å². The number of methoxy groups -OCH3 is 1. The van der Waals surface area contributed by atoms with Crippen LogP contribution in [0.15, 0.2) is 48.8 Å². The van der Waals surface area contributed by atoms with Crippen LogP contribution < -0.4 is 10.1 Å². The van der Waals surface area contributed by atoms with Gasteiger partial charge < -0.3 is 10.1 Å². The van der Waals surface area contributed by atoms with Crippen molar-refractivity contribution in [1.29, 1.82) is 0 Å². The Kier molecular flexibility index (Phi) is 6.81. The molecule has 0 fully saturated rings. The topological polar surface area (TPSA) is 107 Å². The highest BCUT2D eigenvalue weighted by Crippen LogP contribution is 2.42. The molecule has 0 unspecified atom stereocenters. The molecule has 170 valence electrons. The highest BCUT2D eigenvalue weighted by atomic mass is 35.5. The minimum absolute atomic E-state index is 0.0944. The lowest BCUT2D eigenvalue weighted by atomic mass is 9.98. The van der Waals surface area contributed by atoms with Crippen molar-refractivity contribution >= 4 is 41.6 Å². The van der Waals surface area contributed by atoms with Gasteiger partial charge in [0.25, 0.3) is 0 Å². The van der Waals surface area contributed by atoms with E-state index in [1.165, 1.54) is 19.5 Å². The Labute approximate surface area is 205 Å². The monoisotopic (exact) mass is 493 g/mol. The molecule has 10 heteroatoms. The van der Waals surface area contributed by atoms with Crippen LogP contribution in [0.25, 0.3) is 33.6 Å². The van der Waals surface area contributed by atoms with Crippen LogP contribution >= 0.6 is 23.2 Å². The Balaban J connectivity index is 1.83. The molecule has 4 aromatic rings. The molecule has 0 aliphatic heterocycles. The first-order valence-electron chi connectivity index (χ1n) is 9.96. The molecule has 0 radical (unpaired) electrons. The zero-order valence-corrected chi connectivity index (χ0v) is 19.6. The number of anilines is 1. The summed E-state index contributed by atoms with van der Waals surface area (Å²) < 4.78 is 5.16. The number of aromatic nitrogens is 4. The minimum Gasteiger partial charge on any atom is -0.479 e. The molecule has 0 saturated heterocycles. The molecule has 34 heavy (non-hydrogen) atoms. The molecule has 2 aromatic heterocycles. The van der Waals surface area contributed by atoms with Crippen LogP contribution in [0.1, 0.15) is 21.0 Å². The predicted molar refractivity (Wildman–Crippen MR) is 131 cm³/mol. The van der Waals surface area contributed by atoms with E-state index >= 15 is 0 Å². The first-order chi connectivity index (χ1) is 16.5. The quantitative estimate of drug-likeness (QED) is 0.347. The van der Waals surface area contributed by atoms with E-state index in [0.717, 1.165) is 0 Å². The van der Waals surface area contributed by atoms with Crippen LogP contribution in [0.2, 0.25) is 10.0 Å². The summed E-state index contributed by atoms with van der Waals surface area (Å²) in [7, 11) is 3.07. The number of halogens is 2. The summed E-state index contributed by atoms with van der Waals surface area (Å²) in [6.07, 6.45) is 4.15. The second kappa shape index (κ2) is 9.94. The van der Waals surface area contributed by atoms with E-state index in [4.69, 9.17) is 27.9 Å². The Bertz CT molecular complexity index is 1300. The third-order valence-electron chi connectivity index (χ3n) is 5.06. The molecule has 8 nitrogen and oxygen atoms in total. The molecular formula is C24H17Cl2N5O3. The fourth-order valence-corrected chi connectivity index (χ4v) is 4.07. The average molecular weight is 494 g/mol. The fraction of sp³-hybridized carbons (Fsp3) is 0.0833. The van der Waals surface area contributed by atoms with Gasteiger partial charge in [0.1, 0.15) is 5.69 Å². The molecule has 0 bridgehead atoms. The Morgan fingerprint density at radius 3 is 1.79 bits per heavy atom. The van der Waals surface area contributed by atoms with E-state index in [-0.39, 0.29) is 17.3 Å². The second-order valence-corrected chi connectivity index (χ2v) is 7.71. The molecular weight excluding hydrogens is 477 g/mol. The van der Waals surface area contributed by atoms with Gasteiger partial charge in [0.15, 0.2) is 24.1 Å². The van der Waals surface area contributed by atoms with Crippen LogP contribution in [-0.4, -0.2) is 46.7 Å². The zero-order chi connectivity index (χ0) is 24.2. The molecule has 0 saturated carbocycles. The number of carbonyl (C=O) groups excluding carboxylic acids is 2. The molecule has 0 amide bonds. The van der Waals surface area contributed by atoms with E-state index in [1.807, 2.05) is 30.3 Å². The molecule has 2 aromatic carbocycles. The Hall–Kier alpha value is -3.88. The van der Waals surface area contributed by atoms with Crippen molar-refractivity contribution in [2.75, 3.05) is 19.5 Å².